The third kappa shape index (κ3) is 4.58. The number of aromatic nitrogens is 3. The van der Waals surface area contributed by atoms with Crippen LogP contribution in [0.25, 0.3) is 39.6 Å². The third-order valence-corrected chi connectivity index (χ3v) is 8.56. The number of unbranched alkanes of at least 4 members (excludes halogenated alkanes) is 3. The Morgan fingerprint density at radius 2 is 1.40 bits per heavy atom. The average molecular weight is 526 g/mol. The number of hydrogen-bond acceptors (Lipinski definition) is 2. The number of fused-ring (bicyclic) bond motifs is 3. The molecular formula is C37H39N3. The summed E-state index contributed by atoms with van der Waals surface area (Å²) in [4.78, 5) is 5.17. The van der Waals surface area contributed by atoms with Crippen LogP contribution in [0.5, 0.6) is 0 Å². The maximum atomic E-state index is 5.19. The molecule has 1 aliphatic carbocycles. The van der Waals surface area contributed by atoms with Gasteiger partial charge in [-0.2, -0.15) is 0 Å². The van der Waals surface area contributed by atoms with Crippen LogP contribution in [0.1, 0.15) is 74.3 Å². The molecule has 0 amide bonds. The fourth-order valence-electron chi connectivity index (χ4n) is 6.50. The highest BCUT2D eigenvalue weighted by Gasteiger charge is 2.35. The minimum atomic E-state index is -0.0149. The van der Waals surface area contributed by atoms with Gasteiger partial charge in [-0.25, -0.2) is 9.67 Å². The fraction of sp³-hybridized carbons (Fsp3) is 0.297. The molecule has 3 nitrogen and oxygen atoms in total. The van der Waals surface area contributed by atoms with Gasteiger partial charge in [0.05, 0.1) is 5.69 Å². The van der Waals surface area contributed by atoms with E-state index >= 15 is 0 Å². The van der Waals surface area contributed by atoms with Gasteiger partial charge in [-0.1, -0.05) is 119 Å². The Kier molecular flexibility index (Phi) is 6.92. The van der Waals surface area contributed by atoms with Gasteiger partial charge < -0.3 is 0 Å². The van der Waals surface area contributed by atoms with Crippen molar-refractivity contribution in [2.24, 2.45) is 0 Å². The summed E-state index contributed by atoms with van der Waals surface area (Å²) in [5, 5.41) is 5.19. The summed E-state index contributed by atoms with van der Waals surface area (Å²) < 4.78 is 2.07. The molecule has 1 heterocycles. The largest absolute Gasteiger partial charge is 0.212 e. The van der Waals surface area contributed by atoms with Crippen LogP contribution in [-0.2, 0) is 11.8 Å². The lowest BCUT2D eigenvalue weighted by atomic mass is 9.82. The Bertz CT molecular complexity index is 1650. The van der Waals surface area contributed by atoms with Gasteiger partial charge in [-0.3, -0.25) is 0 Å². The minimum absolute atomic E-state index is 0.0149. The first-order chi connectivity index (χ1) is 19.4. The molecule has 0 saturated heterocycles. The van der Waals surface area contributed by atoms with Crippen molar-refractivity contribution >= 4 is 0 Å². The first-order valence-electron chi connectivity index (χ1n) is 14.8. The van der Waals surface area contributed by atoms with E-state index in [-0.39, 0.29) is 5.41 Å². The third-order valence-electron chi connectivity index (χ3n) is 8.56. The van der Waals surface area contributed by atoms with E-state index < -0.39 is 0 Å². The maximum absolute atomic E-state index is 5.19. The second-order valence-corrected chi connectivity index (χ2v) is 11.9. The Morgan fingerprint density at radius 3 is 2.15 bits per heavy atom. The molecule has 0 aliphatic heterocycles. The van der Waals surface area contributed by atoms with Crippen molar-refractivity contribution in [2.75, 3.05) is 0 Å². The van der Waals surface area contributed by atoms with Crippen molar-refractivity contribution in [3.05, 3.63) is 113 Å². The highest BCUT2D eigenvalue weighted by Crippen LogP contribution is 2.49. The lowest BCUT2D eigenvalue weighted by Crippen LogP contribution is -2.14. The molecule has 4 aromatic carbocycles. The van der Waals surface area contributed by atoms with E-state index in [1.54, 1.807) is 0 Å². The van der Waals surface area contributed by atoms with E-state index in [1.807, 2.05) is 0 Å². The van der Waals surface area contributed by atoms with Gasteiger partial charge in [0, 0.05) is 16.5 Å². The first kappa shape index (κ1) is 26.3. The van der Waals surface area contributed by atoms with E-state index in [0.29, 0.717) is 0 Å². The molecule has 202 valence electrons. The molecule has 0 spiro atoms. The summed E-state index contributed by atoms with van der Waals surface area (Å²) in [5.41, 5.74) is 12.5. The molecule has 1 aliphatic rings. The molecular weight excluding hydrogens is 486 g/mol. The standard InChI is InChI=1S/C37H39N3/c1-6-7-8-10-15-27-22-25(2)34(26(3)23-27)40-36(28-16-11-9-12-17-28)38-35(39-40)29-20-21-33-31(24-29)30-18-13-14-19-32(30)37(33,4)5/h9,11-14,16-24H,6-8,10,15H2,1-5H3. The predicted octanol–water partition coefficient (Wildman–Crippen LogP) is 9.65. The van der Waals surface area contributed by atoms with Gasteiger partial charge in [0.15, 0.2) is 11.6 Å². The molecule has 3 heteroatoms. The van der Waals surface area contributed by atoms with Crippen LogP contribution < -0.4 is 0 Å². The summed E-state index contributed by atoms with van der Waals surface area (Å²) in [6.45, 7) is 11.3. The molecule has 0 bridgehead atoms. The van der Waals surface area contributed by atoms with Crippen LogP contribution in [0.15, 0.2) is 84.9 Å². The molecule has 0 saturated carbocycles. The molecule has 1 aromatic heterocycles. The van der Waals surface area contributed by atoms with E-state index in [0.717, 1.165) is 34.9 Å². The SMILES string of the molecule is CCCCCCc1cc(C)c(-n2nc(-c3ccc4c(c3)-c3ccccc3C4(C)C)nc2-c2ccccc2)c(C)c1. The smallest absolute Gasteiger partial charge is 0.182 e. The molecule has 5 aromatic rings. The van der Waals surface area contributed by atoms with Crippen LogP contribution in [0, 0.1) is 13.8 Å². The van der Waals surface area contributed by atoms with Crippen molar-refractivity contribution < 1.29 is 0 Å². The Morgan fingerprint density at radius 1 is 0.700 bits per heavy atom. The summed E-state index contributed by atoms with van der Waals surface area (Å²) in [7, 11) is 0. The van der Waals surface area contributed by atoms with E-state index in [4.69, 9.17) is 10.1 Å². The van der Waals surface area contributed by atoms with Crippen molar-refractivity contribution in [1.82, 2.24) is 14.8 Å². The summed E-state index contributed by atoms with van der Waals surface area (Å²) in [6.07, 6.45) is 6.24. The lowest BCUT2D eigenvalue weighted by Gasteiger charge is -2.21. The lowest BCUT2D eigenvalue weighted by molar-refractivity contribution is 0.660. The zero-order chi connectivity index (χ0) is 27.9. The van der Waals surface area contributed by atoms with E-state index in [2.05, 4.69) is 124 Å². The van der Waals surface area contributed by atoms with Gasteiger partial charge in [0.2, 0.25) is 0 Å². The van der Waals surface area contributed by atoms with Crippen LogP contribution in [0.4, 0.5) is 0 Å². The summed E-state index contributed by atoms with van der Waals surface area (Å²) >= 11 is 0. The zero-order valence-corrected chi connectivity index (χ0v) is 24.5. The molecule has 0 atom stereocenters. The van der Waals surface area contributed by atoms with Gasteiger partial charge >= 0.3 is 0 Å². The van der Waals surface area contributed by atoms with Crippen LogP contribution in [-0.4, -0.2) is 14.8 Å². The van der Waals surface area contributed by atoms with Gasteiger partial charge in [-0.05, 0) is 71.7 Å². The molecule has 0 N–H and O–H groups in total. The van der Waals surface area contributed by atoms with Crippen molar-refractivity contribution in [3.63, 3.8) is 0 Å². The molecule has 0 fully saturated rings. The Labute approximate surface area is 238 Å². The van der Waals surface area contributed by atoms with Crippen LogP contribution >= 0.6 is 0 Å². The number of aryl methyl sites for hydroxylation is 3. The summed E-state index contributed by atoms with van der Waals surface area (Å²) in [6, 6.07) is 30.7. The molecule has 0 unspecified atom stereocenters. The Balaban J connectivity index is 1.45. The normalized spacial score (nSPS) is 13.3. The van der Waals surface area contributed by atoms with Gasteiger partial charge in [-0.15, -0.1) is 5.10 Å². The van der Waals surface area contributed by atoms with Gasteiger partial charge in [0.25, 0.3) is 0 Å². The second kappa shape index (κ2) is 10.5. The number of rotatable bonds is 8. The topological polar surface area (TPSA) is 30.7 Å². The van der Waals surface area contributed by atoms with Crippen LogP contribution in [0.3, 0.4) is 0 Å². The number of hydrogen-bond donors (Lipinski definition) is 0. The Hall–Kier alpha value is -3.98. The number of nitrogens with zero attached hydrogens (tertiary/aromatic N) is 3. The zero-order valence-electron chi connectivity index (χ0n) is 24.5. The maximum Gasteiger partial charge on any atom is 0.182 e. The molecule has 40 heavy (non-hydrogen) atoms. The first-order valence-corrected chi connectivity index (χ1v) is 14.8. The average Bonchev–Trinajstić information content (AvgIpc) is 3.49. The van der Waals surface area contributed by atoms with Crippen molar-refractivity contribution in [2.45, 2.75) is 72.1 Å². The number of benzene rings is 4. The quantitative estimate of drug-likeness (QED) is 0.189. The van der Waals surface area contributed by atoms with Crippen LogP contribution in [0.2, 0.25) is 0 Å². The summed E-state index contributed by atoms with van der Waals surface area (Å²) in [5.74, 6) is 1.63. The predicted molar refractivity (Wildman–Crippen MR) is 167 cm³/mol. The van der Waals surface area contributed by atoms with E-state index in [9.17, 15) is 0 Å². The monoisotopic (exact) mass is 525 g/mol. The van der Waals surface area contributed by atoms with Crippen molar-refractivity contribution in [3.8, 4) is 39.6 Å². The molecule has 6 rings (SSSR count). The van der Waals surface area contributed by atoms with Crippen molar-refractivity contribution in [1.29, 1.82) is 0 Å². The highest BCUT2D eigenvalue weighted by molar-refractivity contribution is 5.83. The fourth-order valence-corrected chi connectivity index (χ4v) is 6.50. The second-order valence-electron chi connectivity index (χ2n) is 11.9. The van der Waals surface area contributed by atoms with Gasteiger partial charge in [0.1, 0.15) is 0 Å². The highest BCUT2D eigenvalue weighted by atomic mass is 15.4. The molecule has 0 radical (unpaired) electrons. The minimum Gasteiger partial charge on any atom is -0.212 e. The van der Waals surface area contributed by atoms with E-state index in [1.165, 1.54) is 64.6 Å².